The maximum absolute atomic E-state index is 12.9. The number of rotatable bonds is 3. The molecular weight excluding hydrogens is 213 g/mol. The maximum atomic E-state index is 12.9. The molecule has 0 aliphatic rings. The van der Waals surface area contributed by atoms with E-state index in [4.69, 9.17) is 9.15 Å². The van der Waals surface area contributed by atoms with Crippen molar-refractivity contribution in [3.05, 3.63) is 29.9 Å². The Kier molecular flexibility index (Phi) is 2.85. The van der Waals surface area contributed by atoms with E-state index in [0.29, 0.717) is 17.7 Å². The first-order valence-electron chi connectivity index (χ1n) is 4.89. The van der Waals surface area contributed by atoms with Crippen LogP contribution < -0.4 is 0 Å². The number of nitrogens with zero attached hydrogens (tertiary/aromatic N) is 1. The Labute approximate surface area is 91.0 Å². The lowest BCUT2D eigenvalue weighted by molar-refractivity contribution is -0.142. The third-order valence-corrected chi connectivity index (χ3v) is 1.99. The van der Waals surface area contributed by atoms with Crippen LogP contribution in [0.5, 0.6) is 0 Å². The van der Waals surface area contributed by atoms with Gasteiger partial charge in [-0.05, 0) is 19.1 Å². The molecule has 1 aromatic heterocycles. The zero-order valence-electron chi connectivity index (χ0n) is 8.70. The highest BCUT2D eigenvalue weighted by atomic mass is 19.1. The Balaban J connectivity index is 2.23. The minimum Gasteiger partial charge on any atom is -0.466 e. The second-order valence-corrected chi connectivity index (χ2v) is 3.20. The SMILES string of the molecule is CCOC(=O)Cc1nc2cc(F)ccc2o1. The van der Waals surface area contributed by atoms with E-state index in [9.17, 15) is 9.18 Å². The number of fused-ring (bicyclic) bond motifs is 1. The second-order valence-electron chi connectivity index (χ2n) is 3.20. The summed E-state index contributed by atoms with van der Waals surface area (Å²) >= 11 is 0. The molecule has 0 fully saturated rings. The molecule has 16 heavy (non-hydrogen) atoms. The van der Waals surface area contributed by atoms with Crippen LogP contribution in [-0.4, -0.2) is 17.6 Å². The van der Waals surface area contributed by atoms with E-state index in [1.165, 1.54) is 18.2 Å². The molecule has 0 amide bonds. The van der Waals surface area contributed by atoms with Gasteiger partial charge < -0.3 is 9.15 Å². The molecule has 2 rings (SSSR count). The fourth-order valence-electron chi connectivity index (χ4n) is 1.36. The molecule has 0 bridgehead atoms. The summed E-state index contributed by atoms with van der Waals surface area (Å²) in [5.41, 5.74) is 0.861. The van der Waals surface area contributed by atoms with Crippen molar-refractivity contribution >= 4 is 17.1 Å². The summed E-state index contributed by atoms with van der Waals surface area (Å²) in [6.07, 6.45) is -0.0376. The standard InChI is InChI=1S/C11H10FNO3/c1-2-15-11(14)6-10-13-8-5-7(12)3-4-9(8)16-10/h3-5H,2,6H2,1H3. The Bertz CT molecular complexity index is 521. The van der Waals surface area contributed by atoms with Crippen LogP contribution in [0.2, 0.25) is 0 Å². The lowest BCUT2D eigenvalue weighted by Crippen LogP contribution is -2.07. The average molecular weight is 223 g/mol. The summed E-state index contributed by atoms with van der Waals surface area (Å²) in [4.78, 5) is 15.1. The van der Waals surface area contributed by atoms with Crippen LogP contribution in [0.25, 0.3) is 11.1 Å². The number of carbonyl (C=O) groups is 1. The van der Waals surface area contributed by atoms with E-state index >= 15 is 0 Å². The van der Waals surface area contributed by atoms with Crippen molar-refractivity contribution in [3.63, 3.8) is 0 Å². The largest absolute Gasteiger partial charge is 0.466 e. The van der Waals surface area contributed by atoms with Crippen LogP contribution >= 0.6 is 0 Å². The van der Waals surface area contributed by atoms with Gasteiger partial charge in [0.2, 0.25) is 5.89 Å². The average Bonchev–Trinajstić information content (AvgIpc) is 2.59. The summed E-state index contributed by atoms with van der Waals surface area (Å²) < 4.78 is 22.9. The molecule has 4 nitrogen and oxygen atoms in total. The van der Waals surface area contributed by atoms with E-state index in [2.05, 4.69) is 4.98 Å². The van der Waals surface area contributed by atoms with Crippen molar-refractivity contribution in [1.29, 1.82) is 0 Å². The first kappa shape index (κ1) is 10.6. The number of benzene rings is 1. The molecule has 1 heterocycles. The van der Waals surface area contributed by atoms with Gasteiger partial charge in [0.05, 0.1) is 6.61 Å². The quantitative estimate of drug-likeness (QED) is 0.747. The van der Waals surface area contributed by atoms with Gasteiger partial charge in [-0.25, -0.2) is 9.37 Å². The summed E-state index contributed by atoms with van der Waals surface area (Å²) in [6, 6.07) is 4.02. The number of aromatic nitrogens is 1. The van der Waals surface area contributed by atoms with E-state index in [1.807, 2.05) is 0 Å². The molecule has 84 valence electrons. The van der Waals surface area contributed by atoms with Crippen molar-refractivity contribution in [2.24, 2.45) is 0 Å². The summed E-state index contributed by atoms with van der Waals surface area (Å²) in [5.74, 6) is -0.558. The van der Waals surface area contributed by atoms with Crippen LogP contribution in [0, 0.1) is 5.82 Å². The van der Waals surface area contributed by atoms with Crippen molar-refractivity contribution in [2.75, 3.05) is 6.61 Å². The van der Waals surface area contributed by atoms with E-state index in [0.717, 1.165) is 0 Å². The highest BCUT2D eigenvalue weighted by molar-refractivity contribution is 5.75. The molecule has 2 aromatic rings. The van der Waals surface area contributed by atoms with Gasteiger partial charge >= 0.3 is 5.97 Å². The van der Waals surface area contributed by atoms with Gasteiger partial charge in [0.1, 0.15) is 17.8 Å². The zero-order valence-corrected chi connectivity index (χ0v) is 8.70. The van der Waals surface area contributed by atoms with Crippen LogP contribution in [-0.2, 0) is 16.0 Å². The lowest BCUT2D eigenvalue weighted by Gasteiger charge is -1.96. The van der Waals surface area contributed by atoms with Gasteiger partial charge in [0.25, 0.3) is 0 Å². The lowest BCUT2D eigenvalue weighted by atomic mass is 10.3. The predicted octanol–water partition coefficient (Wildman–Crippen LogP) is 2.07. The summed E-state index contributed by atoms with van der Waals surface area (Å²) in [5, 5.41) is 0. The first-order chi connectivity index (χ1) is 7.69. The van der Waals surface area contributed by atoms with Crippen LogP contribution in [0.1, 0.15) is 12.8 Å². The molecule has 1 aromatic carbocycles. The monoisotopic (exact) mass is 223 g/mol. The van der Waals surface area contributed by atoms with Crippen LogP contribution in [0.3, 0.4) is 0 Å². The minimum absolute atomic E-state index is 0.0376. The van der Waals surface area contributed by atoms with Crippen molar-refractivity contribution in [1.82, 2.24) is 4.98 Å². The molecule has 0 saturated carbocycles. The Morgan fingerprint density at radius 2 is 2.38 bits per heavy atom. The molecule has 5 heteroatoms. The molecule has 0 N–H and O–H groups in total. The maximum Gasteiger partial charge on any atom is 0.315 e. The van der Waals surface area contributed by atoms with E-state index in [1.54, 1.807) is 6.92 Å². The summed E-state index contributed by atoms with van der Waals surface area (Å²) in [7, 11) is 0. The smallest absolute Gasteiger partial charge is 0.315 e. The Morgan fingerprint density at radius 1 is 1.56 bits per heavy atom. The molecule has 0 spiro atoms. The Morgan fingerprint density at radius 3 is 3.12 bits per heavy atom. The second kappa shape index (κ2) is 4.30. The minimum atomic E-state index is -0.408. The molecule has 0 unspecified atom stereocenters. The highest BCUT2D eigenvalue weighted by Gasteiger charge is 2.11. The van der Waals surface area contributed by atoms with Crippen LogP contribution in [0.15, 0.2) is 22.6 Å². The van der Waals surface area contributed by atoms with E-state index < -0.39 is 5.97 Å². The fraction of sp³-hybridized carbons (Fsp3) is 0.273. The van der Waals surface area contributed by atoms with Gasteiger partial charge in [0, 0.05) is 6.07 Å². The fourth-order valence-corrected chi connectivity index (χ4v) is 1.36. The number of oxazole rings is 1. The molecule has 0 aliphatic carbocycles. The molecule has 0 aliphatic heterocycles. The Hall–Kier alpha value is -1.91. The number of hydrogen-bond donors (Lipinski definition) is 0. The van der Waals surface area contributed by atoms with Crippen molar-refractivity contribution in [2.45, 2.75) is 13.3 Å². The predicted molar refractivity (Wildman–Crippen MR) is 54.3 cm³/mol. The molecule has 0 atom stereocenters. The van der Waals surface area contributed by atoms with Gasteiger partial charge in [0.15, 0.2) is 5.58 Å². The van der Waals surface area contributed by atoms with Gasteiger partial charge in [-0.2, -0.15) is 0 Å². The molecule has 0 radical (unpaired) electrons. The third-order valence-electron chi connectivity index (χ3n) is 1.99. The number of esters is 1. The number of ether oxygens (including phenoxy) is 1. The van der Waals surface area contributed by atoms with Gasteiger partial charge in [-0.1, -0.05) is 0 Å². The third kappa shape index (κ3) is 2.18. The first-order valence-corrected chi connectivity index (χ1v) is 4.89. The van der Waals surface area contributed by atoms with Crippen LogP contribution in [0.4, 0.5) is 4.39 Å². The number of carbonyl (C=O) groups excluding carboxylic acids is 1. The topological polar surface area (TPSA) is 52.3 Å². The number of halogens is 1. The normalized spacial score (nSPS) is 10.6. The highest BCUT2D eigenvalue weighted by Crippen LogP contribution is 2.16. The zero-order chi connectivity index (χ0) is 11.5. The van der Waals surface area contributed by atoms with Crippen molar-refractivity contribution in [3.8, 4) is 0 Å². The molecule has 0 saturated heterocycles. The van der Waals surface area contributed by atoms with Gasteiger partial charge in [-0.15, -0.1) is 0 Å². The molecular formula is C11H10FNO3. The number of hydrogen-bond acceptors (Lipinski definition) is 4. The summed E-state index contributed by atoms with van der Waals surface area (Å²) in [6.45, 7) is 2.03. The van der Waals surface area contributed by atoms with E-state index in [-0.39, 0.29) is 18.1 Å². The van der Waals surface area contributed by atoms with Gasteiger partial charge in [-0.3, -0.25) is 4.79 Å². The van der Waals surface area contributed by atoms with Crippen molar-refractivity contribution < 1.29 is 18.3 Å².